The lowest BCUT2D eigenvalue weighted by Crippen LogP contribution is -2.31. The van der Waals surface area contributed by atoms with Crippen LogP contribution in [-0.2, 0) is 0 Å². The summed E-state index contributed by atoms with van der Waals surface area (Å²) >= 11 is 6.01. The number of nitrogens with one attached hydrogen (secondary N) is 1. The molecular weight excluding hydrogens is 252 g/mol. The molecule has 1 aliphatic rings. The lowest BCUT2D eigenvalue weighted by Gasteiger charge is -2.11. The highest BCUT2D eigenvalue weighted by molar-refractivity contribution is 6.31. The number of hydrogen-bond acceptors (Lipinski definition) is 3. The molecular formula is C12H15ClN4O. The molecule has 0 saturated heterocycles. The highest BCUT2D eigenvalue weighted by Gasteiger charge is 2.27. The summed E-state index contributed by atoms with van der Waals surface area (Å²) in [6.07, 6.45) is 0. The Bertz CT molecular complexity index is 515. The molecule has 0 fully saturated rings. The van der Waals surface area contributed by atoms with Crippen molar-refractivity contribution in [3.05, 3.63) is 28.8 Å². The summed E-state index contributed by atoms with van der Waals surface area (Å²) in [6, 6.07) is 5.40. The predicted molar refractivity (Wildman–Crippen MR) is 72.3 cm³/mol. The van der Waals surface area contributed by atoms with Gasteiger partial charge in [-0.05, 0) is 18.2 Å². The van der Waals surface area contributed by atoms with Crippen LogP contribution in [0.3, 0.4) is 0 Å². The Labute approximate surface area is 111 Å². The standard InChI is InChI=1S/C12H15ClN4O/c1-7-6-17(12(14)15)16-11(7)9-5-8(13)3-4-10(9)18-2/h3-5,7H,6H2,1-2H3,(H3,14,15). The van der Waals surface area contributed by atoms with Gasteiger partial charge in [0.1, 0.15) is 5.75 Å². The largest absolute Gasteiger partial charge is 0.496 e. The molecule has 0 bridgehead atoms. The molecule has 0 radical (unpaired) electrons. The first-order valence-corrected chi connectivity index (χ1v) is 5.94. The van der Waals surface area contributed by atoms with Crippen molar-refractivity contribution in [2.75, 3.05) is 13.7 Å². The molecule has 1 heterocycles. The summed E-state index contributed by atoms with van der Waals surface area (Å²) in [5, 5.41) is 13.9. The Morgan fingerprint density at radius 2 is 2.33 bits per heavy atom. The maximum absolute atomic E-state index is 7.41. The van der Waals surface area contributed by atoms with Crippen molar-refractivity contribution in [3.63, 3.8) is 0 Å². The quantitative estimate of drug-likeness (QED) is 0.634. The normalized spacial score (nSPS) is 18.7. The van der Waals surface area contributed by atoms with E-state index in [1.54, 1.807) is 13.2 Å². The zero-order valence-electron chi connectivity index (χ0n) is 10.3. The topological polar surface area (TPSA) is 74.7 Å². The molecule has 1 unspecified atom stereocenters. The Balaban J connectivity index is 2.45. The molecule has 5 nitrogen and oxygen atoms in total. The van der Waals surface area contributed by atoms with E-state index in [-0.39, 0.29) is 11.9 Å². The Morgan fingerprint density at radius 1 is 1.61 bits per heavy atom. The zero-order valence-corrected chi connectivity index (χ0v) is 11.0. The van der Waals surface area contributed by atoms with Gasteiger partial charge in [0.05, 0.1) is 19.4 Å². The molecule has 0 aliphatic carbocycles. The van der Waals surface area contributed by atoms with Crippen molar-refractivity contribution >= 4 is 23.3 Å². The first kappa shape index (κ1) is 12.7. The minimum atomic E-state index is -0.0576. The van der Waals surface area contributed by atoms with E-state index in [0.29, 0.717) is 11.6 Å². The summed E-state index contributed by atoms with van der Waals surface area (Å²) < 4.78 is 5.31. The van der Waals surface area contributed by atoms with Crippen LogP contribution < -0.4 is 10.5 Å². The van der Waals surface area contributed by atoms with Gasteiger partial charge >= 0.3 is 0 Å². The fourth-order valence-corrected chi connectivity index (χ4v) is 2.14. The Kier molecular flexibility index (Phi) is 3.43. The molecule has 2 rings (SSSR count). The summed E-state index contributed by atoms with van der Waals surface area (Å²) in [6.45, 7) is 2.63. The first-order chi connectivity index (χ1) is 8.52. The van der Waals surface area contributed by atoms with Crippen LogP contribution in [0.15, 0.2) is 23.3 Å². The summed E-state index contributed by atoms with van der Waals surface area (Å²) in [5.41, 5.74) is 7.13. The summed E-state index contributed by atoms with van der Waals surface area (Å²) in [5.74, 6) is 0.828. The van der Waals surface area contributed by atoms with Crippen LogP contribution in [0.5, 0.6) is 5.75 Å². The van der Waals surface area contributed by atoms with Gasteiger partial charge in [-0.15, -0.1) is 0 Å². The van der Waals surface area contributed by atoms with Crippen LogP contribution in [0.25, 0.3) is 0 Å². The minimum absolute atomic E-state index is 0.0576. The van der Waals surface area contributed by atoms with Crippen molar-refractivity contribution in [2.24, 2.45) is 16.8 Å². The van der Waals surface area contributed by atoms with Crippen molar-refractivity contribution < 1.29 is 4.74 Å². The van der Waals surface area contributed by atoms with Crippen LogP contribution in [0.1, 0.15) is 12.5 Å². The number of rotatable bonds is 2. The third-order valence-corrected chi connectivity index (χ3v) is 3.09. The average molecular weight is 267 g/mol. The second-order valence-electron chi connectivity index (χ2n) is 4.20. The number of hydrazone groups is 1. The van der Waals surface area contributed by atoms with E-state index in [9.17, 15) is 0 Å². The van der Waals surface area contributed by atoms with Crippen LogP contribution in [0.4, 0.5) is 0 Å². The predicted octanol–water partition coefficient (Wildman–Crippen LogP) is 1.90. The SMILES string of the molecule is COc1ccc(Cl)cc1C1=NN(C(=N)N)CC1C. The highest BCUT2D eigenvalue weighted by atomic mass is 35.5. The molecule has 0 amide bonds. The third-order valence-electron chi connectivity index (χ3n) is 2.86. The molecule has 0 spiro atoms. The molecule has 1 aromatic rings. The lowest BCUT2D eigenvalue weighted by molar-refractivity contribution is 0.413. The van der Waals surface area contributed by atoms with E-state index in [1.807, 2.05) is 19.1 Å². The maximum atomic E-state index is 7.41. The fraction of sp³-hybridized carbons (Fsp3) is 0.333. The number of methoxy groups -OCH3 is 1. The van der Waals surface area contributed by atoms with E-state index in [0.717, 1.165) is 17.0 Å². The van der Waals surface area contributed by atoms with E-state index < -0.39 is 0 Å². The maximum Gasteiger partial charge on any atom is 0.209 e. The summed E-state index contributed by atoms with van der Waals surface area (Å²) in [4.78, 5) is 0. The van der Waals surface area contributed by atoms with Gasteiger partial charge in [-0.3, -0.25) is 5.41 Å². The van der Waals surface area contributed by atoms with E-state index in [4.69, 9.17) is 27.5 Å². The van der Waals surface area contributed by atoms with Crippen molar-refractivity contribution in [3.8, 4) is 5.75 Å². The number of nitrogens with two attached hydrogens (primary N) is 1. The molecule has 18 heavy (non-hydrogen) atoms. The molecule has 1 aliphatic heterocycles. The van der Waals surface area contributed by atoms with Crippen LogP contribution >= 0.6 is 11.6 Å². The van der Waals surface area contributed by atoms with Crippen LogP contribution in [0, 0.1) is 11.3 Å². The van der Waals surface area contributed by atoms with Crippen molar-refractivity contribution in [1.29, 1.82) is 5.41 Å². The second-order valence-corrected chi connectivity index (χ2v) is 4.63. The van der Waals surface area contributed by atoms with Gasteiger partial charge in [0, 0.05) is 16.5 Å². The van der Waals surface area contributed by atoms with Gasteiger partial charge in [-0.2, -0.15) is 5.10 Å². The molecule has 1 aromatic carbocycles. The van der Waals surface area contributed by atoms with Crippen LogP contribution in [-0.4, -0.2) is 30.3 Å². The molecule has 0 saturated carbocycles. The van der Waals surface area contributed by atoms with Gasteiger partial charge in [-0.25, -0.2) is 5.01 Å². The Morgan fingerprint density at radius 3 is 2.89 bits per heavy atom. The zero-order chi connectivity index (χ0) is 13.3. The number of nitrogens with zero attached hydrogens (tertiary/aromatic N) is 2. The molecule has 6 heteroatoms. The van der Waals surface area contributed by atoms with Gasteiger partial charge in [-0.1, -0.05) is 18.5 Å². The highest BCUT2D eigenvalue weighted by Crippen LogP contribution is 2.28. The monoisotopic (exact) mass is 266 g/mol. The third kappa shape index (κ3) is 2.26. The molecule has 0 aromatic heterocycles. The molecule has 3 N–H and O–H groups in total. The first-order valence-electron chi connectivity index (χ1n) is 5.57. The van der Waals surface area contributed by atoms with Gasteiger partial charge in [0.25, 0.3) is 0 Å². The molecule has 1 atom stereocenters. The van der Waals surface area contributed by atoms with E-state index >= 15 is 0 Å². The van der Waals surface area contributed by atoms with Gasteiger partial charge < -0.3 is 10.5 Å². The van der Waals surface area contributed by atoms with Gasteiger partial charge in [0.15, 0.2) is 0 Å². The van der Waals surface area contributed by atoms with E-state index in [2.05, 4.69) is 5.10 Å². The van der Waals surface area contributed by atoms with Gasteiger partial charge in [0.2, 0.25) is 5.96 Å². The Hall–Kier alpha value is -1.75. The lowest BCUT2D eigenvalue weighted by atomic mass is 9.98. The minimum Gasteiger partial charge on any atom is -0.496 e. The number of ether oxygens (including phenoxy) is 1. The van der Waals surface area contributed by atoms with E-state index in [1.165, 1.54) is 5.01 Å². The smallest absolute Gasteiger partial charge is 0.209 e. The number of guanidine groups is 1. The van der Waals surface area contributed by atoms with Crippen molar-refractivity contribution in [2.45, 2.75) is 6.92 Å². The number of halogens is 1. The van der Waals surface area contributed by atoms with Crippen molar-refractivity contribution in [1.82, 2.24) is 5.01 Å². The number of hydrogen-bond donors (Lipinski definition) is 2. The summed E-state index contributed by atoms with van der Waals surface area (Å²) in [7, 11) is 1.61. The van der Waals surface area contributed by atoms with Crippen LogP contribution in [0.2, 0.25) is 5.02 Å². The fourth-order valence-electron chi connectivity index (χ4n) is 1.97. The molecule has 96 valence electrons. The second kappa shape index (κ2) is 4.86. The average Bonchev–Trinajstić information content (AvgIpc) is 2.71. The number of benzene rings is 1.